The molecule has 0 saturated carbocycles. The van der Waals surface area contributed by atoms with Crippen molar-refractivity contribution in [2.24, 2.45) is 0 Å². The molecule has 2 amide bonds. The summed E-state index contributed by atoms with van der Waals surface area (Å²) < 4.78 is 6.13. The number of nitriles is 1. The molecule has 2 N–H and O–H groups in total. The average Bonchev–Trinajstić information content (AvgIpc) is 2.80. The number of anilines is 2. The van der Waals surface area contributed by atoms with Gasteiger partial charge in [0.25, 0.3) is 11.8 Å². The predicted octanol–water partition coefficient (Wildman–Crippen LogP) is 5.97. The number of aryl methyl sites for hydroxylation is 1. The highest BCUT2D eigenvalue weighted by Crippen LogP contribution is 2.27. The third kappa shape index (κ3) is 6.94. The third-order valence-electron chi connectivity index (χ3n) is 4.45. The fourth-order valence-corrected chi connectivity index (χ4v) is 3.46. The summed E-state index contributed by atoms with van der Waals surface area (Å²) in [6.07, 6.45) is 1.47. The molecule has 3 aromatic carbocycles. The minimum Gasteiger partial charge on any atom is -0.483 e. The number of halogens is 2. The molecular formula is C25H19BrClN3O3. The van der Waals surface area contributed by atoms with E-state index in [4.69, 9.17) is 16.3 Å². The van der Waals surface area contributed by atoms with Crippen LogP contribution in [0.3, 0.4) is 0 Å². The highest BCUT2D eigenvalue weighted by molar-refractivity contribution is 9.10. The van der Waals surface area contributed by atoms with E-state index in [1.165, 1.54) is 6.08 Å². The summed E-state index contributed by atoms with van der Waals surface area (Å²) in [5.74, 6) is -0.434. The van der Waals surface area contributed by atoms with E-state index in [2.05, 4.69) is 26.6 Å². The second-order valence-electron chi connectivity index (χ2n) is 7.00. The third-order valence-corrected chi connectivity index (χ3v) is 5.40. The van der Waals surface area contributed by atoms with Crippen LogP contribution in [0.1, 0.15) is 11.1 Å². The zero-order valence-corrected chi connectivity index (χ0v) is 19.9. The Balaban J connectivity index is 1.63. The van der Waals surface area contributed by atoms with E-state index in [0.29, 0.717) is 32.2 Å². The first-order valence-electron chi connectivity index (χ1n) is 9.82. The first-order valence-corrected chi connectivity index (χ1v) is 11.0. The Morgan fingerprint density at radius 3 is 2.48 bits per heavy atom. The van der Waals surface area contributed by atoms with Gasteiger partial charge >= 0.3 is 0 Å². The molecule has 0 aromatic heterocycles. The molecule has 0 fully saturated rings. The van der Waals surface area contributed by atoms with E-state index >= 15 is 0 Å². The van der Waals surface area contributed by atoms with Crippen LogP contribution in [-0.2, 0) is 9.59 Å². The molecule has 0 saturated heterocycles. The number of benzene rings is 3. The maximum atomic E-state index is 12.4. The second kappa shape index (κ2) is 11.3. The van der Waals surface area contributed by atoms with Crippen LogP contribution < -0.4 is 15.4 Å². The normalized spacial score (nSPS) is 10.8. The Labute approximate surface area is 205 Å². The Morgan fingerprint density at radius 2 is 1.82 bits per heavy atom. The van der Waals surface area contributed by atoms with E-state index < -0.39 is 5.91 Å². The molecule has 0 bridgehead atoms. The number of nitrogens with zero attached hydrogens (tertiary/aromatic N) is 1. The predicted molar refractivity (Wildman–Crippen MR) is 133 cm³/mol. The molecule has 166 valence electrons. The lowest BCUT2D eigenvalue weighted by atomic mass is 10.1. The largest absolute Gasteiger partial charge is 0.483 e. The van der Waals surface area contributed by atoms with Crippen molar-refractivity contribution in [1.82, 2.24) is 0 Å². The summed E-state index contributed by atoms with van der Waals surface area (Å²) in [6, 6.07) is 21.1. The highest BCUT2D eigenvalue weighted by atomic mass is 79.9. The summed E-state index contributed by atoms with van der Waals surface area (Å²) in [5.41, 5.74) is 2.74. The summed E-state index contributed by atoms with van der Waals surface area (Å²) in [7, 11) is 0. The Hall–Kier alpha value is -3.60. The van der Waals surface area contributed by atoms with Crippen LogP contribution in [0.2, 0.25) is 5.02 Å². The first-order chi connectivity index (χ1) is 15.9. The number of carbonyl (C=O) groups is 2. The van der Waals surface area contributed by atoms with Gasteiger partial charge in [0.05, 0.1) is 15.2 Å². The minimum absolute atomic E-state index is 0.0461. The molecule has 0 aliphatic heterocycles. The van der Waals surface area contributed by atoms with E-state index in [9.17, 15) is 14.9 Å². The van der Waals surface area contributed by atoms with Gasteiger partial charge in [0.15, 0.2) is 6.61 Å². The first kappa shape index (κ1) is 24.1. The summed E-state index contributed by atoms with van der Waals surface area (Å²) >= 11 is 9.43. The maximum Gasteiger partial charge on any atom is 0.266 e. The molecule has 8 heteroatoms. The van der Waals surface area contributed by atoms with Crippen LogP contribution >= 0.6 is 27.5 Å². The second-order valence-corrected chi connectivity index (χ2v) is 8.26. The molecule has 3 aromatic rings. The van der Waals surface area contributed by atoms with Crippen LogP contribution in [-0.4, -0.2) is 18.4 Å². The lowest BCUT2D eigenvalue weighted by Gasteiger charge is -2.10. The van der Waals surface area contributed by atoms with Gasteiger partial charge in [-0.3, -0.25) is 9.59 Å². The summed E-state index contributed by atoms with van der Waals surface area (Å²) in [4.78, 5) is 24.6. The molecule has 0 aliphatic carbocycles. The zero-order chi connectivity index (χ0) is 23.8. The van der Waals surface area contributed by atoms with Crippen LogP contribution in [0, 0.1) is 18.3 Å². The molecule has 0 atom stereocenters. The molecule has 0 spiro atoms. The van der Waals surface area contributed by atoms with Crippen LogP contribution in [0.15, 0.2) is 76.8 Å². The highest BCUT2D eigenvalue weighted by Gasteiger charge is 2.12. The standard InChI is InChI=1S/C25H19BrClN3O3/c1-16-6-9-19(10-7-16)29-25(32)18(14-28)12-17-8-11-23(20(26)13-17)33-15-24(31)30-22-5-3-2-4-21(22)27/h2-13H,15H2,1H3,(H,29,32)(H,30,31)/b18-12-. The number of nitrogens with one attached hydrogen (secondary N) is 2. The van der Waals surface area contributed by atoms with E-state index in [1.807, 2.05) is 25.1 Å². The number of hydrogen-bond donors (Lipinski definition) is 2. The molecule has 3 rings (SSSR count). The van der Waals surface area contributed by atoms with Crippen molar-refractivity contribution in [2.45, 2.75) is 6.92 Å². The average molecular weight is 525 g/mol. The fraction of sp³-hybridized carbons (Fsp3) is 0.0800. The van der Waals surface area contributed by atoms with Crippen molar-refractivity contribution in [3.05, 3.63) is 92.9 Å². The quantitative estimate of drug-likeness (QED) is 0.294. The topological polar surface area (TPSA) is 91.2 Å². The monoisotopic (exact) mass is 523 g/mol. The molecule has 33 heavy (non-hydrogen) atoms. The van der Waals surface area contributed by atoms with Crippen LogP contribution in [0.25, 0.3) is 6.08 Å². The Morgan fingerprint density at radius 1 is 1.09 bits per heavy atom. The summed E-state index contributed by atoms with van der Waals surface area (Å²) in [5, 5.41) is 15.2. The van der Waals surface area contributed by atoms with Gasteiger partial charge in [0, 0.05) is 5.69 Å². The lowest BCUT2D eigenvalue weighted by Crippen LogP contribution is -2.20. The minimum atomic E-state index is -0.506. The molecule has 0 aliphatic rings. The Kier molecular flexibility index (Phi) is 8.25. The SMILES string of the molecule is Cc1ccc(NC(=O)/C(C#N)=C\c2ccc(OCC(=O)Nc3ccccc3Cl)c(Br)c2)cc1. The van der Waals surface area contributed by atoms with Gasteiger partial charge in [-0.25, -0.2) is 0 Å². The molecular weight excluding hydrogens is 506 g/mol. The molecule has 0 radical (unpaired) electrons. The van der Waals surface area contributed by atoms with Gasteiger partial charge in [-0.1, -0.05) is 47.5 Å². The van der Waals surface area contributed by atoms with E-state index in [0.717, 1.165) is 5.56 Å². The zero-order valence-electron chi connectivity index (χ0n) is 17.6. The smallest absolute Gasteiger partial charge is 0.266 e. The van der Waals surface area contributed by atoms with Crippen LogP contribution in [0.5, 0.6) is 5.75 Å². The number of ether oxygens (including phenoxy) is 1. The van der Waals surface area contributed by atoms with Crippen molar-refractivity contribution < 1.29 is 14.3 Å². The van der Waals surface area contributed by atoms with Crippen LogP contribution in [0.4, 0.5) is 11.4 Å². The molecule has 0 heterocycles. The van der Waals surface area contributed by atoms with Crippen molar-refractivity contribution in [2.75, 3.05) is 17.2 Å². The van der Waals surface area contributed by atoms with Crippen molar-refractivity contribution in [3.8, 4) is 11.8 Å². The van der Waals surface area contributed by atoms with Gasteiger partial charge in [-0.15, -0.1) is 0 Å². The van der Waals surface area contributed by atoms with Gasteiger partial charge in [-0.05, 0) is 70.9 Å². The van der Waals surface area contributed by atoms with Crippen molar-refractivity contribution >= 4 is 56.8 Å². The molecule has 0 unspecified atom stereocenters. The number of rotatable bonds is 7. The number of carbonyl (C=O) groups excluding carboxylic acids is 2. The van der Waals surface area contributed by atoms with Gasteiger partial charge < -0.3 is 15.4 Å². The number of hydrogen-bond acceptors (Lipinski definition) is 4. The van der Waals surface area contributed by atoms with Gasteiger partial charge in [-0.2, -0.15) is 5.26 Å². The van der Waals surface area contributed by atoms with Crippen molar-refractivity contribution in [3.63, 3.8) is 0 Å². The van der Waals surface area contributed by atoms with E-state index in [1.54, 1.807) is 54.6 Å². The fourth-order valence-electron chi connectivity index (χ4n) is 2.77. The lowest BCUT2D eigenvalue weighted by molar-refractivity contribution is -0.118. The van der Waals surface area contributed by atoms with E-state index in [-0.39, 0.29) is 18.1 Å². The molecule has 6 nitrogen and oxygen atoms in total. The number of para-hydroxylation sites is 1. The van der Waals surface area contributed by atoms with Gasteiger partial charge in [0.1, 0.15) is 17.4 Å². The maximum absolute atomic E-state index is 12.4. The summed E-state index contributed by atoms with van der Waals surface area (Å²) in [6.45, 7) is 1.73. The number of amides is 2. The Bertz CT molecular complexity index is 1250. The van der Waals surface area contributed by atoms with Gasteiger partial charge in [0.2, 0.25) is 0 Å². The van der Waals surface area contributed by atoms with Crippen molar-refractivity contribution in [1.29, 1.82) is 5.26 Å².